The predicted octanol–water partition coefficient (Wildman–Crippen LogP) is 1.06. The number of nitrogens with one attached hydrogen (secondary N) is 1. The van der Waals surface area contributed by atoms with E-state index in [2.05, 4.69) is 40.9 Å². The van der Waals surface area contributed by atoms with E-state index in [9.17, 15) is 4.79 Å². The summed E-state index contributed by atoms with van der Waals surface area (Å²) in [5, 5.41) is 11.9. The van der Waals surface area contributed by atoms with E-state index >= 15 is 0 Å². The molecule has 1 aromatic heterocycles. The number of amides is 1. The second-order valence-electron chi connectivity index (χ2n) is 6.22. The van der Waals surface area contributed by atoms with Gasteiger partial charge < -0.3 is 14.8 Å². The van der Waals surface area contributed by atoms with E-state index in [0.29, 0.717) is 12.5 Å². The first-order valence-corrected chi connectivity index (χ1v) is 7.53. The Morgan fingerprint density at radius 3 is 2.85 bits per heavy atom. The lowest BCUT2D eigenvalue weighted by Crippen LogP contribution is -2.48. The molecular weight excluding hydrogens is 254 g/mol. The van der Waals surface area contributed by atoms with Crippen LogP contribution in [0.15, 0.2) is 0 Å². The fraction of sp³-hybridized carbons (Fsp3) is 0.786. The lowest BCUT2D eigenvalue weighted by molar-refractivity contribution is -0.135. The van der Waals surface area contributed by atoms with Gasteiger partial charge in [0.05, 0.1) is 18.6 Å². The Bertz CT molecular complexity index is 504. The summed E-state index contributed by atoms with van der Waals surface area (Å²) in [6.45, 7) is 8.69. The Labute approximate surface area is 119 Å². The van der Waals surface area contributed by atoms with Crippen molar-refractivity contribution in [3.63, 3.8) is 0 Å². The molecule has 1 saturated heterocycles. The number of hydrogen-bond donors (Lipinski definition) is 1. The molecule has 20 heavy (non-hydrogen) atoms. The molecule has 0 saturated carbocycles. The summed E-state index contributed by atoms with van der Waals surface area (Å²) >= 11 is 0. The minimum atomic E-state index is 0.00115. The third kappa shape index (κ3) is 2.22. The van der Waals surface area contributed by atoms with E-state index in [0.717, 1.165) is 37.6 Å². The van der Waals surface area contributed by atoms with Crippen LogP contribution in [0.3, 0.4) is 0 Å². The van der Waals surface area contributed by atoms with Crippen molar-refractivity contribution in [3.05, 3.63) is 11.6 Å². The number of nitrogens with zero attached hydrogens (tertiary/aromatic N) is 4. The first-order valence-electron chi connectivity index (χ1n) is 7.53. The maximum Gasteiger partial charge on any atom is 0.240 e. The zero-order valence-corrected chi connectivity index (χ0v) is 12.5. The van der Waals surface area contributed by atoms with Gasteiger partial charge in [0.2, 0.25) is 5.91 Å². The third-order valence-corrected chi connectivity index (χ3v) is 4.24. The van der Waals surface area contributed by atoms with Crippen LogP contribution in [0.4, 0.5) is 0 Å². The van der Waals surface area contributed by atoms with Gasteiger partial charge in [0.1, 0.15) is 5.82 Å². The van der Waals surface area contributed by atoms with Gasteiger partial charge >= 0.3 is 0 Å². The molecule has 3 heterocycles. The van der Waals surface area contributed by atoms with E-state index < -0.39 is 0 Å². The van der Waals surface area contributed by atoms with E-state index in [1.54, 1.807) is 0 Å². The highest BCUT2D eigenvalue weighted by atomic mass is 16.2. The summed E-state index contributed by atoms with van der Waals surface area (Å²) < 4.78 is 2.20. The maximum atomic E-state index is 12.5. The number of rotatable bonds is 2. The van der Waals surface area contributed by atoms with Gasteiger partial charge in [-0.25, -0.2) is 0 Å². The van der Waals surface area contributed by atoms with Gasteiger partial charge in [-0.2, -0.15) is 0 Å². The minimum Gasteiger partial charge on any atom is -0.332 e. The summed E-state index contributed by atoms with van der Waals surface area (Å²) in [6.07, 6.45) is 2.04. The first-order chi connectivity index (χ1) is 9.58. The highest BCUT2D eigenvalue weighted by molar-refractivity contribution is 5.82. The van der Waals surface area contributed by atoms with Crippen LogP contribution < -0.4 is 5.32 Å². The Morgan fingerprint density at radius 2 is 2.20 bits per heavy atom. The van der Waals surface area contributed by atoms with Crippen molar-refractivity contribution in [2.24, 2.45) is 0 Å². The van der Waals surface area contributed by atoms with Gasteiger partial charge in [-0.05, 0) is 26.3 Å². The average molecular weight is 277 g/mol. The van der Waals surface area contributed by atoms with Crippen LogP contribution in [0, 0.1) is 0 Å². The molecule has 6 nitrogen and oxygen atoms in total. The summed E-state index contributed by atoms with van der Waals surface area (Å²) in [5.74, 6) is 2.52. The smallest absolute Gasteiger partial charge is 0.240 e. The summed E-state index contributed by atoms with van der Waals surface area (Å²) in [4.78, 5) is 14.4. The molecule has 0 aliphatic carbocycles. The zero-order valence-electron chi connectivity index (χ0n) is 12.5. The number of hydrogen-bond acceptors (Lipinski definition) is 4. The zero-order chi connectivity index (χ0) is 14.3. The molecule has 110 valence electrons. The normalized spacial score (nSPS) is 26.1. The number of fused-ring (bicyclic) bond motifs is 1. The molecule has 1 fully saturated rings. The summed E-state index contributed by atoms with van der Waals surface area (Å²) in [5.41, 5.74) is 0. The SMILES string of the molecule is CC(C)c1nnc2n1[C@@H](C)CN(C(=O)[C@H]1CCCN1)C2. The van der Waals surface area contributed by atoms with Crippen molar-refractivity contribution in [1.29, 1.82) is 0 Å². The van der Waals surface area contributed by atoms with Crippen LogP contribution in [-0.4, -0.2) is 44.7 Å². The molecule has 2 aliphatic rings. The van der Waals surface area contributed by atoms with Crippen LogP contribution in [0.2, 0.25) is 0 Å². The molecule has 0 bridgehead atoms. The van der Waals surface area contributed by atoms with Crippen molar-refractivity contribution in [2.75, 3.05) is 13.1 Å². The van der Waals surface area contributed by atoms with Crippen LogP contribution >= 0.6 is 0 Å². The highest BCUT2D eigenvalue weighted by Gasteiger charge is 2.33. The molecule has 1 amide bonds. The first kappa shape index (κ1) is 13.5. The second kappa shape index (κ2) is 5.16. The highest BCUT2D eigenvalue weighted by Crippen LogP contribution is 2.26. The molecule has 6 heteroatoms. The van der Waals surface area contributed by atoms with Crippen molar-refractivity contribution in [3.8, 4) is 0 Å². The molecule has 2 aliphatic heterocycles. The third-order valence-electron chi connectivity index (χ3n) is 4.24. The van der Waals surface area contributed by atoms with Crippen molar-refractivity contribution in [2.45, 2.75) is 58.2 Å². The quantitative estimate of drug-likeness (QED) is 0.878. The van der Waals surface area contributed by atoms with E-state index in [-0.39, 0.29) is 18.0 Å². The van der Waals surface area contributed by atoms with Gasteiger partial charge in [-0.1, -0.05) is 13.8 Å². The Hall–Kier alpha value is -1.43. The average Bonchev–Trinajstić information content (AvgIpc) is 3.06. The summed E-state index contributed by atoms with van der Waals surface area (Å²) in [6, 6.07) is 0.248. The van der Waals surface area contributed by atoms with E-state index in [1.165, 1.54) is 0 Å². The molecule has 0 radical (unpaired) electrons. The number of aromatic nitrogens is 3. The lowest BCUT2D eigenvalue weighted by atomic mass is 10.1. The molecule has 0 aromatic carbocycles. The van der Waals surface area contributed by atoms with Gasteiger partial charge in [0.15, 0.2) is 5.82 Å². The number of carbonyl (C=O) groups is 1. The monoisotopic (exact) mass is 277 g/mol. The molecule has 1 N–H and O–H groups in total. The van der Waals surface area contributed by atoms with Crippen molar-refractivity contribution < 1.29 is 4.79 Å². The summed E-state index contributed by atoms with van der Waals surface area (Å²) in [7, 11) is 0. The molecule has 1 aromatic rings. The van der Waals surface area contributed by atoms with Gasteiger partial charge in [0, 0.05) is 12.5 Å². The van der Waals surface area contributed by atoms with Crippen LogP contribution in [-0.2, 0) is 11.3 Å². The Balaban J connectivity index is 1.80. The Kier molecular flexibility index (Phi) is 3.50. The fourth-order valence-corrected chi connectivity index (χ4v) is 3.24. The van der Waals surface area contributed by atoms with Gasteiger partial charge in [0.25, 0.3) is 0 Å². The predicted molar refractivity (Wildman–Crippen MR) is 75.3 cm³/mol. The molecule has 2 atom stereocenters. The number of carbonyl (C=O) groups excluding carboxylic acids is 1. The molecule has 3 rings (SSSR count). The fourth-order valence-electron chi connectivity index (χ4n) is 3.24. The van der Waals surface area contributed by atoms with Crippen LogP contribution in [0.5, 0.6) is 0 Å². The van der Waals surface area contributed by atoms with Crippen molar-refractivity contribution in [1.82, 2.24) is 25.0 Å². The van der Waals surface area contributed by atoms with E-state index in [4.69, 9.17) is 0 Å². The molecular formula is C14H23N5O. The van der Waals surface area contributed by atoms with Crippen LogP contribution in [0.25, 0.3) is 0 Å². The van der Waals surface area contributed by atoms with E-state index in [1.807, 2.05) is 4.90 Å². The van der Waals surface area contributed by atoms with Gasteiger partial charge in [-0.3, -0.25) is 4.79 Å². The Morgan fingerprint density at radius 1 is 1.40 bits per heavy atom. The maximum absolute atomic E-state index is 12.5. The van der Waals surface area contributed by atoms with Crippen LogP contribution in [0.1, 0.15) is 57.2 Å². The standard InChI is InChI=1S/C14H23N5O/c1-9(2)13-17-16-12-8-18(7-10(3)19(12)13)14(20)11-5-4-6-15-11/h9-11,15H,4-8H2,1-3H3/t10-,11+/m0/s1. The molecule has 0 spiro atoms. The lowest BCUT2D eigenvalue weighted by Gasteiger charge is -2.34. The topological polar surface area (TPSA) is 63.1 Å². The van der Waals surface area contributed by atoms with Crippen molar-refractivity contribution >= 4 is 5.91 Å². The second-order valence-corrected chi connectivity index (χ2v) is 6.22. The molecule has 0 unspecified atom stereocenters. The minimum absolute atomic E-state index is 0.00115. The van der Waals surface area contributed by atoms with Gasteiger partial charge in [-0.15, -0.1) is 10.2 Å². The largest absolute Gasteiger partial charge is 0.332 e.